The number of rotatable bonds is 6. The molecule has 6 nitrogen and oxygen atoms in total. The van der Waals surface area contributed by atoms with E-state index in [-0.39, 0.29) is 19.0 Å². The van der Waals surface area contributed by atoms with Gasteiger partial charge in [0.2, 0.25) is 0 Å². The van der Waals surface area contributed by atoms with E-state index in [4.69, 9.17) is 9.84 Å². The van der Waals surface area contributed by atoms with Crippen LogP contribution in [0.3, 0.4) is 0 Å². The van der Waals surface area contributed by atoms with Crippen LogP contribution in [-0.2, 0) is 9.53 Å². The molecule has 1 aliphatic rings. The summed E-state index contributed by atoms with van der Waals surface area (Å²) in [6.07, 6.45) is 1.48. The lowest BCUT2D eigenvalue weighted by Crippen LogP contribution is -2.47. The number of carbonyl (C=O) groups excluding carboxylic acids is 1. The molecule has 0 saturated carbocycles. The summed E-state index contributed by atoms with van der Waals surface area (Å²) in [4.78, 5) is 24.4. The Labute approximate surface area is 120 Å². The van der Waals surface area contributed by atoms with Gasteiger partial charge in [-0.15, -0.1) is 0 Å². The molecule has 0 radical (unpaired) electrons. The summed E-state index contributed by atoms with van der Waals surface area (Å²) in [7, 11) is 1.45. The number of piperidine rings is 1. The van der Waals surface area contributed by atoms with Gasteiger partial charge in [-0.1, -0.05) is 13.8 Å². The molecule has 6 heteroatoms. The molecule has 20 heavy (non-hydrogen) atoms. The van der Waals surface area contributed by atoms with Crippen LogP contribution in [0.15, 0.2) is 0 Å². The van der Waals surface area contributed by atoms with Gasteiger partial charge in [0.05, 0.1) is 12.5 Å². The number of likely N-dealkylation sites (tertiary alicyclic amines) is 1. The van der Waals surface area contributed by atoms with Crippen LogP contribution < -0.4 is 5.32 Å². The van der Waals surface area contributed by atoms with Gasteiger partial charge < -0.3 is 20.1 Å². The molecular weight excluding hydrogens is 260 g/mol. The molecule has 1 saturated heterocycles. The summed E-state index contributed by atoms with van der Waals surface area (Å²) in [6.45, 7) is 6.20. The molecule has 0 spiro atoms. The average Bonchev–Trinajstić information content (AvgIpc) is 2.42. The van der Waals surface area contributed by atoms with E-state index in [0.29, 0.717) is 11.8 Å². The maximum atomic E-state index is 12.0. The van der Waals surface area contributed by atoms with E-state index in [9.17, 15) is 9.59 Å². The zero-order valence-electron chi connectivity index (χ0n) is 12.6. The first-order valence-electron chi connectivity index (χ1n) is 7.21. The zero-order chi connectivity index (χ0) is 15.1. The summed E-state index contributed by atoms with van der Waals surface area (Å²) in [5, 5.41) is 11.5. The Hall–Kier alpha value is -1.30. The molecule has 0 aromatic rings. The SMILES string of the molecule is COC(CNC(=O)N1CCC(C(C)C)CC1)CC(=O)O. The molecule has 0 aliphatic carbocycles. The molecule has 1 atom stereocenters. The van der Waals surface area contributed by atoms with Gasteiger partial charge in [0.1, 0.15) is 0 Å². The monoisotopic (exact) mass is 286 g/mol. The summed E-state index contributed by atoms with van der Waals surface area (Å²) in [5.41, 5.74) is 0. The Kier molecular flexibility index (Phi) is 6.78. The molecule has 1 unspecified atom stereocenters. The maximum absolute atomic E-state index is 12.0. The van der Waals surface area contributed by atoms with Gasteiger partial charge in [-0.05, 0) is 24.7 Å². The molecule has 2 N–H and O–H groups in total. The van der Waals surface area contributed by atoms with E-state index < -0.39 is 12.1 Å². The summed E-state index contributed by atoms with van der Waals surface area (Å²) in [5.74, 6) is 0.426. The second kappa shape index (κ2) is 8.09. The fourth-order valence-corrected chi connectivity index (χ4v) is 2.52. The standard InChI is InChI=1S/C14H26N2O4/c1-10(2)11-4-6-16(7-5-11)14(19)15-9-12(20-3)8-13(17)18/h10-12H,4-9H2,1-3H3,(H,15,19)(H,17,18). The molecule has 1 rings (SSSR count). The van der Waals surface area contributed by atoms with Crippen LogP contribution in [0.2, 0.25) is 0 Å². The van der Waals surface area contributed by atoms with Gasteiger partial charge >= 0.3 is 12.0 Å². The van der Waals surface area contributed by atoms with Gasteiger partial charge in [-0.25, -0.2) is 4.79 Å². The van der Waals surface area contributed by atoms with Crippen LogP contribution in [0.4, 0.5) is 4.79 Å². The maximum Gasteiger partial charge on any atom is 0.317 e. The molecule has 2 amide bonds. The third-order valence-corrected chi connectivity index (χ3v) is 3.99. The van der Waals surface area contributed by atoms with E-state index in [1.54, 1.807) is 4.90 Å². The minimum Gasteiger partial charge on any atom is -0.481 e. The third-order valence-electron chi connectivity index (χ3n) is 3.99. The van der Waals surface area contributed by atoms with Gasteiger partial charge in [0.25, 0.3) is 0 Å². The first-order valence-corrected chi connectivity index (χ1v) is 7.21. The highest BCUT2D eigenvalue weighted by molar-refractivity contribution is 5.74. The Balaban J connectivity index is 2.31. The van der Waals surface area contributed by atoms with Crippen LogP contribution in [0.5, 0.6) is 0 Å². The normalized spacial score (nSPS) is 18.1. The number of carboxylic acid groups (broad SMARTS) is 1. The molecule has 1 heterocycles. The van der Waals surface area contributed by atoms with Crippen molar-refractivity contribution < 1.29 is 19.4 Å². The summed E-state index contributed by atoms with van der Waals surface area (Å²) < 4.78 is 5.03. The number of amides is 2. The quantitative estimate of drug-likeness (QED) is 0.776. The van der Waals surface area contributed by atoms with Crippen LogP contribution in [0, 0.1) is 11.8 Å². The molecule has 0 aromatic heterocycles. The summed E-state index contributed by atoms with van der Waals surface area (Å²) in [6, 6.07) is -0.125. The van der Waals surface area contributed by atoms with E-state index in [2.05, 4.69) is 19.2 Å². The highest BCUT2D eigenvalue weighted by atomic mass is 16.5. The first kappa shape index (κ1) is 16.8. The molecular formula is C14H26N2O4. The lowest BCUT2D eigenvalue weighted by atomic mass is 9.87. The highest BCUT2D eigenvalue weighted by Gasteiger charge is 2.25. The summed E-state index contributed by atoms with van der Waals surface area (Å²) >= 11 is 0. The Bertz CT molecular complexity index is 325. The van der Waals surface area contributed by atoms with Crippen molar-refractivity contribution in [2.75, 3.05) is 26.7 Å². The molecule has 1 fully saturated rings. The van der Waals surface area contributed by atoms with Gasteiger partial charge in [0, 0.05) is 26.7 Å². The number of ether oxygens (including phenoxy) is 1. The number of carboxylic acids is 1. The fourth-order valence-electron chi connectivity index (χ4n) is 2.52. The molecule has 1 aliphatic heterocycles. The number of methoxy groups -OCH3 is 1. The van der Waals surface area contributed by atoms with Crippen molar-refractivity contribution in [1.29, 1.82) is 0 Å². The van der Waals surface area contributed by atoms with Crippen LogP contribution in [-0.4, -0.2) is 54.9 Å². The van der Waals surface area contributed by atoms with E-state index in [0.717, 1.165) is 25.9 Å². The lowest BCUT2D eigenvalue weighted by Gasteiger charge is -2.34. The fraction of sp³-hybridized carbons (Fsp3) is 0.857. The van der Waals surface area contributed by atoms with Crippen molar-refractivity contribution in [2.24, 2.45) is 11.8 Å². The number of urea groups is 1. The topological polar surface area (TPSA) is 78.9 Å². The number of aliphatic carboxylic acids is 1. The average molecular weight is 286 g/mol. The van der Waals surface area contributed by atoms with Gasteiger partial charge in [-0.2, -0.15) is 0 Å². The number of carbonyl (C=O) groups is 2. The Morgan fingerprint density at radius 1 is 1.35 bits per heavy atom. The van der Waals surface area contributed by atoms with Crippen LogP contribution >= 0.6 is 0 Å². The van der Waals surface area contributed by atoms with Crippen molar-refractivity contribution in [1.82, 2.24) is 10.2 Å². The van der Waals surface area contributed by atoms with E-state index in [1.165, 1.54) is 7.11 Å². The van der Waals surface area contributed by atoms with Gasteiger partial charge in [-0.3, -0.25) is 4.79 Å². The molecule has 0 bridgehead atoms. The molecule has 0 aromatic carbocycles. The number of hydrogen-bond acceptors (Lipinski definition) is 3. The lowest BCUT2D eigenvalue weighted by molar-refractivity contribution is -0.139. The van der Waals surface area contributed by atoms with Crippen LogP contribution in [0.1, 0.15) is 33.1 Å². The predicted molar refractivity (Wildman–Crippen MR) is 75.6 cm³/mol. The second-order valence-electron chi connectivity index (χ2n) is 5.71. The van der Waals surface area contributed by atoms with Crippen molar-refractivity contribution in [3.8, 4) is 0 Å². The van der Waals surface area contributed by atoms with Crippen molar-refractivity contribution >= 4 is 12.0 Å². The van der Waals surface area contributed by atoms with E-state index >= 15 is 0 Å². The van der Waals surface area contributed by atoms with Crippen LogP contribution in [0.25, 0.3) is 0 Å². The Morgan fingerprint density at radius 2 is 1.95 bits per heavy atom. The number of nitrogens with one attached hydrogen (secondary N) is 1. The first-order chi connectivity index (χ1) is 9.43. The zero-order valence-corrected chi connectivity index (χ0v) is 12.6. The molecule has 116 valence electrons. The van der Waals surface area contributed by atoms with E-state index in [1.807, 2.05) is 0 Å². The number of nitrogens with zero attached hydrogens (tertiary/aromatic N) is 1. The van der Waals surface area contributed by atoms with Crippen molar-refractivity contribution in [3.05, 3.63) is 0 Å². The Morgan fingerprint density at radius 3 is 2.40 bits per heavy atom. The predicted octanol–water partition coefficient (Wildman–Crippen LogP) is 1.55. The van der Waals surface area contributed by atoms with Crippen molar-refractivity contribution in [3.63, 3.8) is 0 Å². The van der Waals surface area contributed by atoms with Crippen molar-refractivity contribution in [2.45, 2.75) is 39.2 Å². The van der Waals surface area contributed by atoms with Gasteiger partial charge in [0.15, 0.2) is 0 Å². The third kappa shape index (κ3) is 5.36. The minimum absolute atomic E-state index is 0.105. The second-order valence-corrected chi connectivity index (χ2v) is 5.71. The largest absolute Gasteiger partial charge is 0.481 e. The minimum atomic E-state index is -0.927. The smallest absolute Gasteiger partial charge is 0.317 e. The number of hydrogen-bond donors (Lipinski definition) is 2. The highest BCUT2D eigenvalue weighted by Crippen LogP contribution is 2.24.